The van der Waals surface area contributed by atoms with Gasteiger partial charge in [-0.15, -0.1) is 0 Å². The first-order valence-corrected chi connectivity index (χ1v) is 9.98. The number of rotatable bonds is 3. The van der Waals surface area contributed by atoms with Crippen molar-refractivity contribution in [3.8, 4) is 0 Å². The van der Waals surface area contributed by atoms with E-state index in [1.807, 2.05) is 13.8 Å². The molecule has 6 atom stereocenters. The molecule has 2 saturated heterocycles. The third-order valence-corrected chi connectivity index (χ3v) is 7.01. The molecular formula is C20H24ClN3O4. The highest BCUT2D eigenvalue weighted by Gasteiger charge is 2.71. The standard InChI is InChI=1S/C20H24ClN3O4/c1-5-8(2)24-17(26)13-14(18(24)27)20(23-16(13)10(4)25)11-6-7-12(21)9(3)15(11)22-19(20)28/h6-8,10,13-14,16,23,25H,5H2,1-4H3,(H,22,28)/t8-,10-,13-,14-,16+,20+/m0/s1. The molecule has 3 heterocycles. The Morgan fingerprint density at radius 1 is 1.25 bits per heavy atom. The average molecular weight is 406 g/mol. The van der Waals surface area contributed by atoms with Gasteiger partial charge in [-0.2, -0.15) is 0 Å². The van der Waals surface area contributed by atoms with Crippen molar-refractivity contribution in [3.63, 3.8) is 0 Å². The van der Waals surface area contributed by atoms with Gasteiger partial charge < -0.3 is 10.4 Å². The largest absolute Gasteiger partial charge is 0.392 e. The van der Waals surface area contributed by atoms with Crippen LogP contribution in [0.25, 0.3) is 0 Å². The number of fused-ring (bicyclic) bond motifs is 4. The minimum Gasteiger partial charge on any atom is -0.392 e. The van der Waals surface area contributed by atoms with Crippen LogP contribution in [0.15, 0.2) is 12.1 Å². The van der Waals surface area contributed by atoms with Gasteiger partial charge in [-0.3, -0.25) is 24.6 Å². The first-order valence-electron chi connectivity index (χ1n) is 9.60. The van der Waals surface area contributed by atoms with E-state index in [2.05, 4.69) is 10.6 Å². The molecule has 28 heavy (non-hydrogen) atoms. The molecule has 1 spiro atoms. The fraction of sp³-hybridized carbons (Fsp3) is 0.550. The van der Waals surface area contributed by atoms with E-state index in [0.29, 0.717) is 28.3 Å². The smallest absolute Gasteiger partial charge is 0.250 e. The summed E-state index contributed by atoms with van der Waals surface area (Å²) in [5.41, 5.74) is 0.479. The Labute approximate surface area is 168 Å². The number of carbonyl (C=O) groups excluding carboxylic acids is 3. The van der Waals surface area contributed by atoms with Crippen molar-refractivity contribution in [2.24, 2.45) is 11.8 Å². The van der Waals surface area contributed by atoms with Crippen LogP contribution in [0.1, 0.15) is 38.3 Å². The van der Waals surface area contributed by atoms with Crippen LogP contribution in [0.3, 0.4) is 0 Å². The highest BCUT2D eigenvalue weighted by Crippen LogP contribution is 2.54. The van der Waals surface area contributed by atoms with E-state index in [9.17, 15) is 19.5 Å². The lowest BCUT2D eigenvalue weighted by Crippen LogP contribution is -2.55. The van der Waals surface area contributed by atoms with Crippen molar-refractivity contribution < 1.29 is 19.5 Å². The second-order valence-electron chi connectivity index (χ2n) is 8.08. The van der Waals surface area contributed by atoms with Gasteiger partial charge in [0.05, 0.1) is 23.6 Å². The maximum Gasteiger partial charge on any atom is 0.250 e. The minimum absolute atomic E-state index is 0.270. The number of likely N-dealkylation sites (tertiary alicyclic amines) is 1. The van der Waals surface area contributed by atoms with Gasteiger partial charge in [-0.25, -0.2) is 0 Å². The molecule has 0 radical (unpaired) electrons. The molecule has 3 N–H and O–H groups in total. The summed E-state index contributed by atoms with van der Waals surface area (Å²) in [6.45, 7) is 7.09. The molecule has 0 bridgehead atoms. The zero-order valence-electron chi connectivity index (χ0n) is 16.2. The van der Waals surface area contributed by atoms with Gasteiger partial charge in [0.15, 0.2) is 0 Å². The third kappa shape index (κ3) is 2.21. The second-order valence-corrected chi connectivity index (χ2v) is 8.48. The van der Waals surface area contributed by atoms with Crippen LogP contribution in [0, 0.1) is 18.8 Å². The van der Waals surface area contributed by atoms with Crippen LogP contribution in [0.4, 0.5) is 5.69 Å². The number of nitrogens with one attached hydrogen (secondary N) is 2. The monoisotopic (exact) mass is 405 g/mol. The average Bonchev–Trinajstić information content (AvgIpc) is 3.24. The molecular weight excluding hydrogens is 382 g/mol. The fourth-order valence-electron chi connectivity index (χ4n) is 4.97. The van der Waals surface area contributed by atoms with Gasteiger partial charge in [0.1, 0.15) is 5.54 Å². The highest BCUT2D eigenvalue weighted by atomic mass is 35.5. The Morgan fingerprint density at radius 2 is 1.93 bits per heavy atom. The number of aliphatic hydroxyl groups is 1. The predicted molar refractivity (Wildman–Crippen MR) is 104 cm³/mol. The molecule has 3 amide bonds. The van der Waals surface area contributed by atoms with E-state index in [4.69, 9.17) is 11.6 Å². The summed E-state index contributed by atoms with van der Waals surface area (Å²) < 4.78 is 0. The van der Waals surface area contributed by atoms with Crippen LogP contribution >= 0.6 is 11.6 Å². The SMILES string of the molecule is CC[C@H](C)N1C(=O)[C@@H]2[C@@H]([C@H](C)O)N[C@@]3(C(=O)Nc4c3ccc(Cl)c4C)[C@@H]2C1=O. The molecule has 7 nitrogen and oxygen atoms in total. The summed E-state index contributed by atoms with van der Waals surface area (Å²) in [6.07, 6.45) is -0.292. The summed E-state index contributed by atoms with van der Waals surface area (Å²) in [5.74, 6) is -2.79. The minimum atomic E-state index is -1.40. The van der Waals surface area contributed by atoms with Gasteiger partial charge in [-0.1, -0.05) is 24.6 Å². The maximum atomic E-state index is 13.4. The topological polar surface area (TPSA) is 98.7 Å². The first kappa shape index (κ1) is 19.4. The Kier molecular flexibility index (Phi) is 4.34. The van der Waals surface area contributed by atoms with Gasteiger partial charge in [-0.05, 0) is 38.8 Å². The van der Waals surface area contributed by atoms with Gasteiger partial charge in [0.25, 0.3) is 0 Å². The quantitative estimate of drug-likeness (QED) is 0.663. The van der Waals surface area contributed by atoms with E-state index < -0.39 is 35.4 Å². The van der Waals surface area contributed by atoms with Crippen LogP contribution in [-0.2, 0) is 19.9 Å². The normalized spacial score (nSPS) is 33.3. The molecule has 0 saturated carbocycles. The van der Waals surface area contributed by atoms with Crippen LogP contribution in [-0.4, -0.2) is 45.9 Å². The molecule has 1 aromatic rings. The number of halogens is 1. The molecule has 0 unspecified atom stereocenters. The van der Waals surface area contributed by atoms with Crippen molar-refractivity contribution in [1.82, 2.24) is 10.2 Å². The van der Waals surface area contributed by atoms with Crippen LogP contribution in [0.5, 0.6) is 0 Å². The lowest BCUT2D eigenvalue weighted by molar-refractivity contribution is -0.145. The van der Waals surface area contributed by atoms with Crippen molar-refractivity contribution in [2.75, 3.05) is 5.32 Å². The maximum absolute atomic E-state index is 13.4. The molecule has 0 aliphatic carbocycles. The Morgan fingerprint density at radius 3 is 2.54 bits per heavy atom. The van der Waals surface area contributed by atoms with E-state index in [1.54, 1.807) is 26.0 Å². The van der Waals surface area contributed by atoms with Crippen molar-refractivity contribution in [1.29, 1.82) is 0 Å². The number of imide groups is 1. The lowest BCUT2D eigenvalue weighted by Gasteiger charge is -2.31. The Bertz CT molecular complexity index is 902. The first-order chi connectivity index (χ1) is 13.2. The molecule has 3 aliphatic rings. The number of nitrogens with zero attached hydrogens (tertiary/aromatic N) is 1. The molecule has 0 aromatic heterocycles. The van der Waals surface area contributed by atoms with Crippen molar-refractivity contribution >= 4 is 35.0 Å². The summed E-state index contributed by atoms with van der Waals surface area (Å²) in [4.78, 5) is 41.1. The van der Waals surface area contributed by atoms with Gasteiger partial charge in [0, 0.05) is 22.7 Å². The van der Waals surface area contributed by atoms with Crippen LogP contribution in [0.2, 0.25) is 5.02 Å². The fourth-order valence-corrected chi connectivity index (χ4v) is 5.13. The third-order valence-electron chi connectivity index (χ3n) is 6.60. The van der Waals surface area contributed by atoms with E-state index in [1.165, 1.54) is 4.90 Å². The summed E-state index contributed by atoms with van der Waals surface area (Å²) >= 11 is 6.22. The zero-order chi connectivity index (χ0) is 20.5. The molecule has 8 heteroatoms. The van der Waals surface area contributed by atoms with Crippen LogP contribution < -0.4 is 10.6 Å². The predicted octanol–water partition coefficient (Wildman–Crippen LogP) is 1.55. The van der Waals surface area contributed by atoms with Crippen molar-refractivity contribution in [3.05, 3.63) is 28.3 Å². The number of benzene rings is 1. The Balaban J connectivity index is 1.93. The second kappa shape index (κ2) is 6.27. The summed E-state index contributed by atoms with van der Waals surface area (Å²) in [7, 11) is 0. The summed E-state index contributed by atoms with van der Waals surface area (Å²) in [6, 6.07) is 2.44. The van der Waals surface area contributed by atoms with Gasteiger partial charge in [0.2, 0.25) is 17.7 Å². The summed E-state index contributed by atoms with van der Waals surface area (Å²) in [5, 5.41) is 16.9. The van der Waals surface area contributed by atoms with Gasteiger partial charge >= 0.3 is 0 Å². The number of hydrogen-bond donors (Lipinski definition) is 3. The molecule has 150 valence electrons. The molecule has 1 aromatic carbocycles. The number of aliphatic hydroxyl groups excluding tert-OH is 1. The number of anilines is 1. The van der Waals surface area contributed by atoms with E-state index in [-0.39, 0.29) is 17.9 Å². The molecule has 2 fully saturated rings. The number of amides is 3. The highest BCUT2D eigenvalue weighted by molar-refractivity contribution is 6.32. The van der Waals surface area contributed by atoms with Crippen molar-refractivity contribution in [2.45, 2.75) is 57.8 Å². The molecule has 4 rings (SSSR count). The van der Waals surface area contributed by atoms with E-state index in [0.717, 1.165) is 0 Å². The molecule has 3 aliphatic heterocycles. The Hall–Kier alpha value is -1.96. The number of carbonyl (C=O) groups is 3. The number of hydrogen-bond acceptors (Lipinski definition) is 5. The van der Waals surface area contributed by atoms with E-state index >= 15 is 0 Å². The lowest BCUT2D eigenvalue weighted by atomic mass is 9.76. The zero-order valence-corrected chi connectivity index (χ0v) is 17.0.